The van der Waals surface area contributed by atoms with Crippen LogP contribution in [0, 0.1) is 25.2 Å². The Kier molecular flexibility index (Phi) is 8.96. The highest BCUT2D eigenvalue weighted by Gasteiger charge is 2.71. The van der Waals surface area contributed by atoms with Crippen LogP contribution >= 0.6 is 0 Å². The molecule has 9 nitrogen and oxygen atoms in total. The second-order valence-corrected chi connectivity index (χ2v) is 14.1. The molecule has 0 bridgehead atoms. The van der Waals surface area contributed by atoms with Crippen LogP contribution in [0.2, 0.25) is 0 Å². The quantitative estimate of drug-likeness (QED) is 0.240. The number of carbonyl (C=O) groups excluding carboxylic acids is 2. The standard InChI is InChI=1S/C38H47N3O6/c1-8-45-23-32-38(35(42)44-7)19-28(38)20-41(32)33-14-10-13-31(39-33)29-12-9-11-24(2)34(29)46-22-26-17-25(3)30-21-40(16-15-27(30)18-26)36(43)47-37(4,5)6/h9-14,17-18,28,32H,8,15-16,19-23H2,1-7H3/t28-,32+,38+/m0/s1. The van der Waals surface area contributed by atoms with E-state index in [-0.39, 0.29) is 24.0 Å². The van der Waals surface area contributed by atoms with Crippen molar-refractivity contribution >= 4 is 17.9 Å². The number of para-hydroxylation sites is 1. The molecule has 2 aromatic carbocycles. The van der Waals surface area contributed by atoms with Crippen LogP contribution < -0.4 is 9.64 Å². The molecular weight excluding hydrogens is 594 g/mol. The molecule has 0 radical (unpaired) electrons. The third-order valence-corrected chi connectivity index (χ3v) is 9.76. The van der Waals surface area contributed by atoms with Gasteiger partial charge in [0, 0.05) is 31.8 Å². The molecule has 3 aromatic rings. The number of aryl methyl sites for hydroxylation is 2. The first-order chi connectivity index (χ1) is 22.4. The van der Waals surface area contributed by atoms with E-state index in [1.807, 2.05) is 58.0 Å². The van der Waals surface area contributed by atoms with Crippen molar-refractivity contribution in [1.82, 2.24) is 9.88 Å². The van der Waals surface area contributed by atoms with Gasteiger partial charge in [-0.3, -0.25) is 4.79 Å². The summed E-state index contributed by atoms with van der Waals surface area (Å²) in [6.45, 7) is 15.2. The van der Waals surface area contributed by atoms with E-state index in [4.69, 9.17) is 23.9 Å². The molecule has 2 fully saturated rings. The lowest BCUT2D eigenvalue weighted by Gasteiger charge is -2.32. The highest BCUT2D eigenvalue weighted by atomic mass is 16.6. The molecule has 9 heteroatoms. The number of benzene rings is 2. The molecule has 6 rings (SSSR count). The number of ether oxygens (including phenoxy) is 4. The molecular formula is C38H47N3O6. The van der Waals surface area contributed by atoms with Crippen molar-refractivity contribution in [2.45, 2.75) is 79.2 Å². The summed E-state index contributed by atoms with van der Waals surface area (Å²) in [5, 5.41) is 0. The second kappa shape index (κ2) is 12.8. The van der Waals surface area contributed by atoms with Gasteiger partial charge < -0.3 is 28.7 Å². The van der Waals surface area contributed by atoms with E-state index in [2.05, 4.69) is 36.9 Å². The monoisotopic (exact) mass is 641 g/mol. The minimum Gasteiger partial charge on any atom is -0.488 e. The smallest absolute Gasteiger partial charge is 0.410 e. The van der Waals surface area contributed by atoms with Crippen LogP contribution in [0.5, 0.6) is 5.75 Å². The zero-order valence-electron chi connectivity index (χ0n) is 28.7. The third-order valence-electron chi connectivity index (χ3n) is 9.76. The lowest BCUT2D eigenvalue weighted by molar-refractivity contribution is -0.148. The molecule has 0 N–H and O–H groups in total. The van der Waals surface area contributed by atoms with Crippen LogP contribution in [0.1, 0.15) is 61.9 Å². The highest BCUT2D eigenvalue weighted by molar-refractivity contribution is 5.84. The van der Waals surface area contributed by atoms with Gasteiger partial charge in [-0.25, -0.2) is 9.78 Å². The highest BCUT2D eigenvalue weighted by Crippen LogP contribution is 2.62. The molecule has 0 unspecified atom stereocenters. The van der Waals surface area contributed by atoms with Crippen molar-refractivity contribution in [1.29, 1.82) is 0 Å². The molecule has 0 spiro atoms. The number of rotatable bonds is 9. The SMILES string of the molecule is CCOC[C@H]1N(c2cccc(-c3cccc(C)c3OCc3cc(C)c4c(c3)CCN(C(=O)OC(C)(C)C)C4)n2)C[C@@H]2C[C@@]21C(=O)OC. The third kappa shape index (κ3) is 6.42. The predicted molar refractivity (Wildman–Crippen MR) is 180 cm³/mol. The van der Waals surface area contributed by atoms with E-state index in [9.17, 15) is 9.59 Å². The Hall–Kier alpha value is -4.11. The Labute approximate surface area is 278 Å². The first-order valence-electron chi connectivity index (χ1n) is 16.7. The summed E-state index contributed by atoms with van der Waals surface area (Å²) in [5.41, 5.74) is 6.37. The Morgan fingerprint density at radius 2 is 1.85 bits per heavy atom. The zero-order chi connectivity index (χ0) is 33.5. The van der Waals surface area contributed by atoms with Crippen LogP contribution in [0.25, 0.3) is 11.3 Å². The molecule has 3 aliphatic rings. The van der Waals surface area contributed by atoms with Gasteiger partial charge in [0.2, 0.25) is 0 Å². The number of fused-ring (bicyclic) bond motifs is 2. The Morgan fingerprint density at radius 1 is 1.06 bits per heavy atom. The number of amides is 1. The lowest BCUT2D eigenvalue weighted by Crippen LogP contribution is -2.44. The Balaban J connectivity index is 1.21. The molecule has 1 saturated carbocycles. The molecule has 250 valence electrons. The van der Waals surface area contributed by atoms with E-state index < -0.39 is 11.0 Å². The van der Waals surface area contributed by atoms with Gasteiger partial charge >= 0.3 is 12.1 Å². The van der Waals surface area contributed by atoms with Crippen molar-refractivity contribution in [3.05, 3.63) is 76.3 Å². The molecule has 1 aliphatic carbocycles. The van der Waals surface area contributed by atoms with Crippen LogP contribution in [0.4, 0.5) is 10.6 Å². The second-order valence-electron chi connectivity index (χ2n) is 14.1. The first kappa shape index (κ1) is 32.8. The summed E-state index contributed by atoms with van der Waals surface area (Å²) >= 11 is 0. The van der Waals surface area contributed by atoms with Gasteiger partial charge in [-0.15, -0.1) is 0 Å². The summed E-state index contributed by atoms with van der Waals surface area (Å²) < 4.78 is 23.3. The summed E-state index contributed by atoms with van der Waals surface area (Å²) in [6, 6.07) is 16.4. The van der Waals surface area contributed by atoms with Crippen molar-refractivity contribution in [2.75, 3.05) is 38.3 Å². The molecule has 2 aliphatic heterocycles. The van der Waals surface area contributed by atoms with Gasteiger partial charge in [0.25, 0.3) is 0 Å². The van der Waals surface area contributed by atoms with Gasteiger partial charge in [0.05, 0.1) is 30.9 Å². The van der Waals surface area contributed by atoms with Gasteiger partial charge in [0.1, 0.15) is 23.8 Å². The van der Waals surface area contributed by atoms with Crippen molar-refractivity contribution < 1.29 is 28.5 Å². The van der Waals surface area contributed by atoms with Crippen LogP contribution in [-0.2, 0) is 38.6 Å². The lowest BCUT2D eigenvalue weighted by atomic mass is 9.93. The number of nitrogens with zero attached hydrogens (tertiary/aromatic N) is 3. The maximum Gasteiger partial charge on any atom is 0.410 e. The van der Waals surface area contributed by atoms with E-state index in [1.54, 1.807) is 4.90 Å². The van der Waals surface area contributed by atoms with E-state index in [0.29, 0.717) is 32.9 Å². The summed E-state index contributed by atoms with van der Waals surface area (Å²) in [6.07, 6.45) is 1.33. The number of pyridine rings is 1. The van der Waals surface area contributed by atoms with Gasteiger partial charge in [-0.1, -0.05) is 30.3 Å². The fourth-order valence-corrected chi connectivity index (χ4v) is 7.37. The van der Waals surface area contributed by atoms with Gasteiger partial charge in [0.15, 0.2) is 0 Å². The maximum atomic E-state index is 12.9. The molecule has 3 heterocycles. The van der Waals surface area contributed by atoms with Crippen molar-refractivity contribution in [2.24, 2.45) is 11.3 Å². The van der Waals surface area contributed by atoms with Crippen LogP contribution in [-0.4, -0.2) is 67.0 Å². The maximum absolute atomic E-state index is 12.9. The first-order valence-corrected chi connectivity index (χ1v) is 16.7. The van der Waals surface area contributed by atoms with Crippen molar-refractivity contribution in [3.8, 4) is 17.0 Å². The topological polar surface area (TPSA) is 90.4 Å². The number of anilines is 1. The molecule has 1 aromatic heterocycles. The predicted octanol–water partition coefficient (Wildman–Crippen LogP) is 6.64. The normalized spacial score (nSPS) is 21.6. The summed E-state index contributed by atoms with van der Waals surface area (Å²) in [7, 11) is 1.47. The summed E-state index contributed by atoms with van der Waals surface area (Å²) in [4.78, 5) is 34.8. The zero-order valence-corrected chi connectivity index (χ0v) is 28.7. The minimum atomic E-state index is -0.528. The molecule has 1 amide bonds. The number of esters is 1. The van der Waals surface area contributed by atoms with E-state index in [0.717, 1.165) is 58.9 Å². The number of hydrogen-bond donors (Lipinski definition) is 0. The number of aromatic nitrogens is 1. The average molecular weight is 642 g/mol. The van der Waals surface area contributed by atoms with E-state index >= 15 is 0 Å². The Bertz CT molecular complexity index is 1670. The summed E-state index contributed by atoms with van der Waals surface area (Å²) in [5.74, 6) is 1.70. The Morgan fingerprint density at radius 3 is 2.60 bits per heavy atom. The number of carbonyl (C=O) groups is 2. The molecule has 47 heavy (non-hydrogen) atoms. The van der Waals surface area contributed by atoms with E-state index in [1.165, 1.54) is 18.2 Å². The minimum absolute atomic E-state index is 0.126. The fraction of sp³-hybridized carbons (Fsp3) is 0.500. The number of piperidine rings is 1. The van der Waals surface area contributed by atoms with Crippen LogP contribution in [0.3, 0.4) is 0 Å². The average Bonchev–Trinajstić information content (AvgIpc) is 3.68. The van der Waals surface area contributed by atoms with Gasteiger partial charge in [-0.2, -0.15) is 0 Å². The number of hydrogen-bond acceptors (Lipinski definition) is 8. The fourth-order valence-electron chi connectivity index (χ4n) is 7.37. The van der Waals surface area contributed by atoms with Crippen molar-refractivity contribution in [3.63, 3.8) is 0 Å². The van der Waals surface area contributed by atoms with Gasteiger partial charge in [-0.05, 0) is 106 Å². The molecule has 3 atom stereocenters. The van der Waals surface area contributed by atoms with Crippen LogP contribution in [0.15, 0.2) is 48.5 Å². The number of methoxy groups -OCH3 is 1. The molecule has 1 saturated heterocycles. The largest absolute Gasteiger partial charge is 0.488 e.